The Morgan fingerprint density at radius 2 is 2.17 bits per heavy atom. The van der Waals surface area contributed by atoms with Gasteiger partial charge in [0.25, 0.3) is 11.5 Å². The van der Waals surface area contributed by atoms with Gasteiger partial charge in [-0.25, -0.2) is 4.79 Å². The molecule has 0 radical (unpaired) electrons. The van der Waals surface area contributed by atoms with Crippen LogP contribution in [0.2, 0.25) is 0 Å². The van der Waals surface area contributed by atoms with Crippen LogP contribution in [0.3, 0.4) is 0 Å². The van der Waals surface area contributed by atoms with Crippen LogP contribution < -0.4 is 16.6 Å². The van der Waals surface area contributed by atoms with Gasteiger partial charge in [0.05, 0.1) is 18.8 Å². The van der Waals surface area contributed by atoms with Crippen LogP contribution in [0, 0.1) is 0 Å². The van der Waals surface area contributed by atoms with Gasteiger partial charge in [-0.1, -0.05) is 18.2 Å². The summed E-state index contributed by atoms with van der Waals surface area (Å²) in [5, 5.41) is 24.9. The molecule has 0 saturated carbocycles. The topological polar surface area (TPSA) is 134 Å². The molecule has 0 spiro atoms. The second-order valence-electron chi connectivity index (χ2n) is 7.21. The summed E-state index contributed by atoms with van der Waals surface area (Å²) >= 11 is 1.57. The van der Waals surface area contributed by atoms with E-state index in [4.69, 9.17) is 4.74 Å². The molecule has 1 unspecified atom stereocenters. The SMILES string of the molecule is CC(NC(=O)c1cn([C@H]2C[C@H](O)[C@@H](CO)O2)c(=O)[nH]c1=O)c1csc2ccccc12. The standard InChI is InChI=1S/C20H21N3O6S/c1-10(13-9-30-16-5-3-2-4-11(13)16)21-18(26)12-7-23(20(28)22-19(12)27)17-6-14(25)15(8-24)29-17/h2-5,7,9-10,14-15,17,24-25H,6,8H2,1H3,(H,21,26)(H,22,27,28)/t10?,14-,15+,17+/m0/s1. The number of H-pyrrole nitrogens is 1. The second kappa shape index (κ2) is 8.15. The highest BCUT2D eigenvalue weighted by Gasteiger charge is 2.35. The fourth-order valence-corrected chi connectivity index (χ4v) is 4.65. The number of carbonyl (C=O) groups excluding carboxylic acids is 1. The van der Waals surface area contributed by atoms with Gasteiger partial charge >= 0.3 is 5.69 Å². The Morgan fingerprint density at radius 1 is 1.40 bits per heavy atom. The number of nitrogens with one attached hydrogen (secondary N) is 2. The summed E-state index contributed by atoms with van der Waals surface area (Å²) in [4.78, 5) is 39.4. The van der Waals surface area contributed by atoms with Gasteiger partial charge in [-0.3, -0.25) is 19.1 Å². The number of benzene rings is 1. The molecule has 4 atom stereocenters. The Morgan fingerprint density at radius 3 is 2.90 bits per heavy atom. The molecule has 30 heavy (non-hydrogen) atoms. The van der Waals surface area contributed by atoms with Crippen LogP contribution >= 0.6 is 11.3 Å². The lowest BCUT2D eigenvalue weighted by molar-refractivity contribution is -0.0459. The minimum Gasteiger partial charge on any atom is -0.394 e. The number of thiophene rings is 1. The number of aromatic nitrogens is 2. The van der Waals surface area contributed by atoms with E-state index in [9.17, 15) is 24.6 Å². The van der Waals surface area contributed by atoms with E-state index < -0.39 is 42.2 Å². The number of amides is 1. The summed E-state index contributed by atoms with van der Waals surface area (Å²) in [5.74, 6) is -0.634. The van der Waals surface area contributed by atoms with Crippen LogP contribution in [0.5, 0.6) is 0 Å². The first kappa shape index (κ1) is 20.5. The van der Waals surface area contributed by atoms with Crippen molar-refractivity contribution in [3.8, 4) is 0 Å². The van der Waals surface area contributed by atoms with Crippen LogP contribution in [-0.2, 0) is 4.74 Å². The van der Waals surface area contributed by atoms with Crippen LogP contribution in [0.4, 0.5) is 0 Å². The number of aliphatic hydroxyl groups is 2. The van der Waals surface area contributed by atoms with Crippen molar-refractivity contribution >= 4 is 27.3 Å². The molecule has 3 heterocycles. The highest BCUT2D eigenvalue weighted by molar-refractivity contribution is 7.17. The van der Waals surface area contributed by atoms with E-state index >= 15 is 0 Å². The van der Waals surface area contributed by atoms with Crippen molar-refractivity contribution in [2.75, 3.05) is 6.61 Å². The first-order chi connectivity index (χ1) is 14.4. The van der Waals surface area contributed by atoms with Crippen LogP contribution in [0.1, 0.15) is 41.5 Å². The molecular formula is C20H21N3O6S. The number of rotatable bonds is 5. The fraction of sp³-hybridized carbons (Fsp3) is 0.350. The molecule has 1 aliphatic rings. The number of aliphatic hydroxyl groups excluding tert-OH is 2. The zero-order valence-electron chi connectivity index (χ0n) is 16.1. The summed E-state index contributed by atoms with van der Waals surface area (Å²) < 4.78 is 7.61. The Labute approximate surface area is 174 Å². The van der Waals surface area contributed by atoms with Gasteiger partial charge < -0.3 is 20.3 Å². The maximum absolute atomic E-state index is 12.8. The molecule has 10 heteroatoms. The van der Waals surface area contributed by atoms with E-state index in [1.165, 1.54) is 0 Å². The molecule has 2 aromatic heterocycles. The quantitative estimate of drug-likeness (QED) is 0.474. The average Bonchev–Trinajstić information content (AvgIpc) is 3.31. The molecule has 1 saturated heterocycles. The molecule has 1 amide bonds. The van der Waals surface area contributed by atoms with E-state index in [0.29, 0.717) is 0 Å². The van der Waals surface area contributed by atoms with Gasteiger partial charge in [-0.2, -0.15) is 0 Å². The average molecular weight is 431 g/mol. The molecule has 0 bridgehead atoms. The number of nitrogens with zero attached hydrogens (tertiary/aromatic N) is 1. The Bertz CT molecular complexity index is 1200. The van der Waals surface area contributed by atoms with Crippen molar-refractivity contribution in [2.45, 2.75) is 37.8 Å². The number of fused-ring (bicyclic) bond motifs is 1. The summed E-state index contributed by atoms with van der Waals surface area (Å²) in [5.41, 5.74) is -0.883. The van der Waals surface area contributed by atoms with Gasteiger partial charge in [0.15, 0.2) is 0 Å². The van der Waals surface area contributed by atoms with E-state index in [-0.39, 0.29) is 18.0 Å². The summed E-state index contributed by atoms with van der Waals surface area (Å²) in [6.45, 7) is 1.41. The summed E-state index contributed by atoms with van der Waals surface area (Å²) in [6.07, 6.45) is -1.51. The maximum Gasteiger partial charge on any atom is 0.330 e. The highest BCUT2D eigenvalue weighted by atomic mass is 32.1. The van der Waals surface area contributed by atoms with Gasteiger partial charge in [-0.15, -0.1) is 11.3 Å². The van der Waals surface area contributed by atoms with Gasteiger partial charge in [0, 0.05) is 17.3 Å². The van der Waals surface area contributed by atoms with E-state index in [0.717, 1.165) is 26.4 Å². The van der Waals surface area contributed by atoms with Crippen LogP contribution in [0.15, 0.2) is 45.4 Å². The van der Waals surface area contributed by atoms with Crippen molar-refractivity contribution < 1.29 is 19.7 Å². The van der Waals surface area contributed by atoms with Crippen LogP contribution in [-0.4, -0.2) is 44.5 Å². The third-order valence-electron chi connectivity index (χ3n) is 5.23. The Hall–Kier alpha value is -2.79. The second-order valence-corrected chi connectivity index (χ2v) is 8.12. The largest absolute Gasteiger partial charge is 0.394 e. The third-order valence-corrected chi connectivity index (χ3v) is 6.21. The van der Waals surface area contributed by atoms with Crippen molar-refractivity contribution in [2.24, 2.45) is 0 Å². The molecule has 0 aliphatic carbocycles. The lowest BCUT2D eigenvalue weighted by atomic mass is 10.1. The van der Waals surface area contributed by atoms with Crippen molar-refractivity contribution in [3.05, 3.63) is 67.8 Å². The summed E-state index contributed by atoms with van der Waals surface area (Å²) in [6, 6.07) is 7.46. The molecule has 1 aromatic carbocycles. The van der Waals surface area contributed by atoms with E-state index in [1.807, 2.05) is 36.6 Å². The maximum atomic E-state index is 12.8. The van der Waals surface area contributed by atoms with Gasteiger partial charge in [-0.05, 0) is 29.3 Å². The number of ether oxygens (including phenoxy) is 1. The lowest BCUT2D eigenvalue weighted by Gasteiger charge is -2.16. The first-order valence-electron chi connectivity index (χ1n) is 9.46. The fourth-order valence-electron chi connectivity index (χ4n) is 3.60. The molecule has 158 valence electrons. The third kappa shape index (κ3) is 3.70. The molecular weight excluding hydrogens is 410 g/mol. The summed E-state index contributed by atoms with van der Waals surface area (Å²) in [7, 11) is 0. The van der Waals surface area contributed by atoms with Crippen molar-refractivity contribution in [1.82, 2.24) is 14.9 Å². The predicted molar refractivity (Wildman–Crippen MR) is 111 cm³/mol. The molecule has 1 fully saturated rings. The molecule has 1 aliphatic heterocycles. The molecule has 4 N–H and O–H groups in total. The highest BCUT2D eigenvalue weighted by Crippen LogP contribution is 2.30. The molecule has 9 nitrogen and oxygen atoms in total. The molecule has 3 aromatic rings. The number of aromatic amines is 1. The van der Waals surface area contributed by atoms with E-state index in [1.54, 1.807) is 11.3 Å². The lowest BCUT2D eigenvalue weighted by Crippen LogP contribution is -2.39. The zero-order chi connectivity index (χ0) is 21.4. The Balaban J connectivity index is 1.60. The monoisotopic (exact) mass is 431 g/mol. The normalized spacial score (nSPS) is 22.3. The first-order valence-corrected chi connectivity index (χ1v) is 10.3. The van der Waals surface area contributed by atoms with Crippen LogP contribution in [0.25, 0.3) is 10.1 Å². The smallest absolute Gasteiger partial charge is 0.330 e. The minimum absolute atomic E-state index is 0.0511. The number of hydrogen-bond donors (Lipinski definition) is 4. The van der Waals surface area contributed by atoms with Crippen molar-refractivity contribution in [3.63, 3.8) is 0 Å². The van der Waals surface area contributed by atoms with E-state index in [2.05, 4.69) is 10.3 Å². The number of hydrogen-bond acceptors (Lipinski definition) is 7. The number of carbonyl (C=O) groups is 1. The zero-order valence-corrected chi connectivity index (χ0v) is 16.9. The van der Waals surface area contributed by atoms with Gasteiger partial charge in [0.1, 0.15) is 17.9 Å². The minimum atomic E-state index is -0.956. The molecule has 4 rings (SSSR count). The Kier molecular flexibility index (Phi) is 5.56. The van der Waals surface area contributed by atoms with Gasteiger partial charge in [0.2, 0.25) is 0 Å². The van der Waals surface area contributed by atoms with Crippen molar-refractivity contribution in [1.29, 1.82) is 0 Å². The predicted octanol–water partition coefficient (Wildman–Crippen LogP) is 0.883.